The summed E-state index contributed by atoms with van der Waals surface area (Å²) in [6.45, 7) is 4.31. The fourth-order valence-electron chi connectivity index (χ4n) is 3.90. The van der Waals surface area contributed by atoms with Gasteiger partial charge in [-0.3, -0.25) is 4.98 Å². The molecule has 2 unspecified atom stereocenters. The second-order valence-electron chi connectivity index (χ2n) is 7.35. The van der Waals surface area contributed by atoms with Gasteiger partial charge in [0.1, 0.15) is 0 Å². The van der Waals surface area contributed by atoms with Gasteiger partial charge in [0.05, 0.1) is 5.75 Å². The molecule has 0 bridgehead atoms. The molecule has 0 aliphatic rings. The van der Waals surface area contributed by atoms with Gasteiger partial charge in [0, 0.05) is 23.2 Å². The van der Waals surface area contributed by atoms with Gasteiger partial charge in [-0.05, 0) is 46.2 Å². The quantitative estimate of drug-likeness (QED) is 0.412. The summed E-state index contributed by atoms with van der Waals surface area (Å²) in [5, 5.41) is 2.34. The minimum Gasteiger partial charge on any atom is -0.306 e. The Kier molecular flexibility index (Phi) is 5.56. The van der Waals surface area contributed by atoms with Crippen molar-refractivity contribution in [2.24, 2.45) is 0 Å². The van der Waals surface area contributed by atoms with Gasteiger partial charge in [-0.15, -0.1) is 0 Å². The fraction of sp³-hybridized carbons (Fsp3) is 0.160. The van der Waals surface area contributed by atoms with Crippen molar-refractivity contribution < 1.29 is 8.76 Å². The Bertz CT molecular complexity index is 1170. The Balaban J connectivity index is 1.80. The van der Waals surface area contributed by atoms with Crippen LogP contribution in [0.25, 0.3) is 21.9 Å². The number of hydrogen-bond acceptors (Lipinski definition) is 2. The van der Waals surface area contributed by atoms with E-state index < -0.39 is 11.1 Å². The maximum Gasteiger partial charge on any atom is 0.157 e. The topological polar surface area (TPSA) is 50.2 Å². The van der Waals surface area contributed by atoms with Crippen molar-refractivity contribution in [2.75, 3.05) is 0 Å². The standard InChI is InChI=1S/C25H23NO2S/c1-17(20-6-4-3-5-7-20)25-18(2)26-15-23-13-12-22(14-24(23)25)21-10-8-19(9-11-21)16-29(27)28/h3-15,17H,16H2,1-2H3,(H,27,28). The summed E-state index contributed by atoms with van der Waals surface area (Å²) in [5.74, 6) is 0.395. The molecule has 4 rings (SSSR count). The van der Waals surface area contributed by atoms with Crippen molar-refractivity contribution >= 4 is 21.9 Å². The number of benzene rings is 3. The lowest BCUT2D eigenvalue weighted by molar-refractivity contribution is 0.563. The Morgan fingerprint density at radius 1 is 0.966 bits per heavy atom. The summed E-state index contributed by atoms with van der Waals surface area (Å²) in [4.78, 5) is 4.64. The van der Waals surface area contributed by atoms with E-state index in [9.17, 15) is 4.21 Å². The van der Waals surface area contributed by atoms with Crippen LogP contribution in [0.1, 0.15) is 35.2 Å². The molecule has 0 spiro atoms. The Morgan fingerprint density at radius 3 is 2.34 bits per heavy atom. The lowest BCUT2D eigenvalue weighted by Crippen LogP contribution is -2.02. The highest BCUT2D eigenvalue weighted by molar-refractivity contribution is 7.78. The molecule has 3 aromatic carbocycles. The molecule has 0 fully saturated rings. The monoisotopic (exact) mass is 401 g/mol. The molecule has 1 N–H and O–H groups in total. The third-order valence-corrected chi connectivity index (χ3v) is 6.02. The molecule has 29 heavy (non-hydrogen) atoms. The van der Waals surface area contributed by atoms with E-state index in [-0.39, 0.29) is 11.7 Å². The molecule has 0 saturated heterocycles. The van der Waals surface area contributed by atoms with Crippen LogP contribution in [-0.4, -0.2) is 13.7 Å². The zero-order chi connectivity index (χ0) is 20.4. The second kappa shape index (κ2) is 8.27. The molecule has 4 heteroatoms. The van der Waals surface area contributed by atoms with Gasteiger partial charge in [-0.25, -0.2) is 4.21 Å². The molecule has 0 radical (unpaired) electrons. The van der Waals surface area contributed by atoms with Crippen LogP contribution in [0.15, 0.2) is 79.0 Å². The van der Waals surface area contributed by atoms with E-state index in [0.29, 0.717) is 0 Å². The number of rotatable bonds is 5. The van der Waals surface area contributed by atoms with E-state index in [1.807, 2.05) is 36.5 Å². The number of aromatic nitrogens is 1. The van der Waals surface area contributed by atoms with E-state index >= 15 is 0 Å². The fourth-order valence-corrected chi connectivity index (χ4v) is 4.38. The number of pyridine rings is 1. The van der Waals surface area contributed by atoms with E-state index in [1.54, 1.807) is 0 Å². The third kappa shape index (κ3) is 4.14. The number of fused-ring (bicyclic) bond motifs is 1. The molecular weight excluding hydrogens is 378 g/mol. The lowest BCUT2D eigenvalue weighted by atomic mass is 9.87. The van der Waals surface area contributed by atoms with Crippen molar-refractivity contribution in [3.8, 4) is 11.1 Å². The third-order valence-electron chi connectivity index (χ3n) is 5.44. The molecule has 0 aliphatic heterocycles. The van der Waals surface area contributed by atoms with Gasteiger partial charge in [0.15, 0.2) is 11.1 Å². The zero-order valence-corrected chi connectivity index (χ0v) is 17.3. The van der Waals surface area contributed by atoms with E-state index in [4.69, 9.17) is 4.55 Å². The zero-order valence-electron chi connectivity index (χ0n) is 16.5. The first-order valence-corrected chi connectivity index (χ1v) is 10.9. The van der Waals surface area contributed by atoms with Crippen molar-refractivity contribution in [2.45, 2.75) is 25.5 Å². The highest BCUT2D eigenvalue weighted by atomic mass is 32.2. The molecule has 4 aromatic rings. The van der Waals surface area contributed by atoms with Gasteiger partial charge in [0.25, 0.3) is 0 Å². The average molecular weight is 402 g/mol. The van der Waals surface area contributed by atoms with Crippen LogP contribution < -0.4 is 0 Å². The molecule has 2 atom stereocenters. The second-order valence-corrected chi connectivity index (χ2v) is 8.29. The highest BCUT2D eigenvalue weighted by Crippen LogP contribution is 2.34. The predicted molar refractivity (Wildman–Crippen MR) is 120 cm³/mol. The van der Waals surface area contributed by atoms with Gasteiger partial charge >= 0.3 is 0 Å². The summed E-state index contributed by atoms with van der Waals surface area (Å²) >= 11 is -1.82. The maximum absolute atomic E-state index is 11.0. The largest absolute Gasteiger partial charge is 0.306 e. The normalized spacial score (nSPS) is 13.3. The van der Waals surface area contributed by atoms with Gasteiger partial charge in [-0.2, -0.15) is 0 Å². The summed E-state index contributed by atoms with van der Waals surface area (Å²) in [6.07, 6.45) is 1.94. The molecule has 1 aromatic heterocycles. The van der Waals surface area contributed by atoms with Gasteiger partial charge in [-0.1, -0.05) is 73.7 Å². The lowest BCUT2D eigenvalue weighted by Gasteiger charge is -2.18. The van der Waals surface area contributed by atoms with Crippen LogP contribution in [0.2, 0.25) is 0 Å². The number of hydrogen-bond donors (Lipinski definition) is 1. The molecule has 3 nitrogen and oxygen atoms in total. The summed E-state index contributed by atoms with van der Waals surface area (Å²) in [5.41, 5.74) is 6.65. The number of aryl methyl sites for hydroxylation is 1. The molecule has 146 valence electrons. The Labute approximate surface area is 173 Å². The Morgan fingerprint density at radius 2 is 1.66 bits per heavy atom. The SMILES string of the molecule is Cc1ncc2ccc(-c3ccc(CS(=O)O)cc3)cc2c1C(C)c1ccccc1. The average Bonchev–Trinajstić information content (AvgIpc) is 2.73. The minimum atomic E-state index is -1.82. The van der Waals surface area contributed by atoms with Crippen LogP contribution >= 0.6 is 0 Å². The van der Waals surface area contributed by atoms with E-state index in [2.05, 4.69) is 61.3 Å². The van der Waals surface area contributed by atoms with E-state index in [0.717, 1.165) is 27.8 Å². The van der Waals surface area contributed by atoms with Crippen LogP contribution in [0, 0.1) is 6.92 Å². The van der Waals surface area contributed by atoms with Crippen LogP contribution in [0.5, 0.6) is 0 Å². The smallest absolute Gasteiger partial charge is 0.157 e. The van der Waals surface area contributed by atoms with Gasteiger partial charge < -0.3 is 4.55 Å². The van der Waals surface area contributed by atoms with Crippen molar-refractivity contribution in [1.29, 1.82) is 0 Å². The molecule has 0 amide bonds. The van der Waals surface area contributed by atoms with Crippen molar-refractivity contribution in [3.05, 3.63) is 101 Å². The first-order chi connectivity index (χ1) is 14.0. The van der Waals surface area contributed by atoms with Crippen LogP contribution in [-0.2, 0) is 16.8 Å². The summed E-state index contributed by atoms with van der Waals surface area (Å²) < 4.78 is 20.1. The molecule has 1 heterocycles. The highest BCUT2D eigenvalue weighted by Gasteiger charge is 2.16. The first-order valence-electron chi connectivity index (χ1n) is 9.64. The Hall–Kier alpha value is -2.82. The molecular formula is C25H23NO2S. The van der Waals surface area contributed by atoms with Crippen molar-refractivity contribution in [1.82, 2.24) is 4.98 Å². The predicted octanol–water partition coefficient (Wildman–Crippen LogP) is 6.08. The number of nitrogens with zero attached hydrogens (tertiary/aromatic N) is 1. The van der Waals surface area contributed by atoms with Crippen LogP contribution in [0.4, 0.5) is 0 Å². The van der Waals surface area contributed by atoms with Crippen LogP contribution in [0.3, 0.4) is 0 Å². The van der Waals surface area contributed by atoms with Gasteiger partial charge in [0.2, 0.25) is 0 Å². The summed E-state index contributed by atoms with van der Waals surface area (Å²) in [7, 11) is 0. The first kappa shape index (κ1) is 19.5. The molecule has 0 saturated carbocycles. The summed E-state index contributed by atoms with van der Waals surface area (Å²) in [6, 6.07) is 24.8. The van der Waals surface area contributed by atoms with E-state index in [1.165, 1.54) is 16.5 Å². The maximum atomic E-state index is 11.0. The van der Waals surface area contributed by atoms with Crippen molar-refractivity contribution in [3.63, 3.8) is 0 Å². The molecule has 0 aliphatic carbocycles. The minimum absolute atomic E-state index is 0.154.